The third-order valence-corrected chi connectivity index (χ3v) is 4.45. The lowest BCUT2D eigenvalue weighted by atomic mass is 10.2. The fraction of sp³-hybridized carbons (Fsp3) is 0.235. The molecule has 0 atom stereocenters. The molecule has 0 aliphatic rings. The maximum Gasteiger partial charge on any atom is 0.291 e. The Balaban J connectivity index is 2.12. The zero-order chi connectivity index (χ0) is 20.0. The van der Waals surface area contributed by atoms with Crippen LogP contribution in [0.2, 0.25) is 15.2 Å². The zero-order valence-corrected chi connectivity index (χ0v) is 16.8. The predicted octanol–water partition coefficient (Wildman–Crippen LogP) is 4.19. The number of rotatable bonds is 7. The van der Waals surface area contributed by atoms with E-state index in [0.717, 1.165) is 6.42 Å². The summed E-state index contributed by atoms with van der Waals surface area (Å²) in [7, 11) is 1.54. The molecule has 10 heteroatoms. The number of hydrogen-bond donors (Lipinski definition) is 2. The highest BCUT2D eigenvalue weighted by Crippen LogP contribution is 2.34. The standard InChI is InChI=1S/C17H17Cl3N4O3/c1-3-6-27-10-5-4-9(7-11(10)26-2)8-22-24-17(25)15-12(18)14(21)13(19)16(20)23-15/h4-5,7-8H,3,6H2,1-2H3,(H2,21,23)(H,24,25)/b22-8+. The van der Waals surface area contributed by atoms with Crippen molar-refractivity contribution in [1.29, 1.82) is 0 Å². The zero-order valence-electron chi connectivity index (χ0n) is 14.6. The summed E-state index contributed by atoms with van der Waals surface area (Å²) in [6, 6.07) is 5.25. The molecule has 0 fully saturated rings. The number of aromatic nitrogens is 1. The van der Waals surface area contributed by atoms with E-state index < -0.39 is 5.91 Å². The van der Waals surface area contributed by atoms with Gasteiger partial charge in [-0.25, -0.2) is 10.4 Å². The molecule has 0 aliphatic heterocycles. The van der Waals surface area contributed by atoms with E-state index in [2.05, 4.69) is 15.5 Å². The number of nitrogens with two attached hydrogens (primary N) is 1. The van der Waals surface area contributed by atoms with Crippen molar-refractivity contribution in [1.82, 2.24) is 10.4 Å². The van der Waals surface area contributed by atoms with Gasteiger partial charge in [-0.15, -0.1) is 0 Å². The van der Waals surface area contributed by atoms with Crippen LogP contribution in [0.15, 0.2) is 23.3 Å². The molecule has 0 saturated carbocycles. The summed E-state index contributed by atoms with van der Waals surface area (Å²) in [6.07, 6.45) is 2.31. The highest BCUT2D eigenvalue weighted by molar-refractivity contribution is 6.46. The van der Waals surface area contributed by atoms with Crippen molar-refractivity contribution >= 4 is 52.6 Å². The molecule has 1 aromatic carbocycles. The molecule has 144 valence electrons. The van der Waals surface area contributed by atoms with Gasteiger partial charge < -0.3 is 15.2 Å². The van der Waals surface area contributed by atoms with Gasteiger partial charge in [0, 0.05) is 0 Å². The van der Waals surface area contributed by atoms with Gasteiger partial charge in [-0.2, -0.15) is 5.10 Å². The normalized spacial score (nSPS) is 10.9. The SMILES string of the molecule is CCCOc1ccc(/C=N/NC(=O)c2nc(Cl)c(Cl)c(N)c2Cl)cc1OC. The van der Waals surface area contributed by atoms with Gasteiger partial charge >= 0.3 is 0 Å². The Morgan fingerprint density at radius 3 is 2.70 bits per heavy atom. The predicted molar refractivity (Wildman–Crippen MR) is 108 cm³/mol. The number of carbonyl (C=O) groups is 1. The maximum atomic E-state index is 12.2. The number of nitrogen functional groups attached to an aromatic ring is 1. The number of anilines is 1. The van der Waals surface area contributed by atoms with Crippen LogP contribution in [-0.2, 0) is 0 Å². The first-order valence-corrected chi connectivity index (χ1v) is 8.96. The van der Waals surface area contributed by atoms with Gasteiger partial charge in [0.15, 0.2) is 22.3 Å². The molecule has 1 heterocycles. The van der Waals surface area contributed by atoms with E-state index in [1.807, 2.05) is 6.92 Å². The number of hydrazone groups is 1. The summed E-state index contributed by atoms with van der Waals surface area (Å²) >= 11 is 17.6. The number of amides is 1. The molecule has 0 saturated heterocycles. The van der Waals surface area contributed by atoms with E-state index in [0.29, 0.717) is 23.7 Å². The van der Waals surface area contributed by atoms with Crippen LogP contribution < -0.4 is 20.6 Å². The number of pyridine rings is 1. The maximum absolute atomic E-state index is 12.2. The van der Waals surface area contributed by atoms with Crippen molar-refractivity contribution < 1.29 is 14.3 Å². The lowest BCUT2D eigenvalue weighted by Crippen LogP contribution is -2.20. The van der Waals surface area contributed by atoms with Gasteiger partial charge in [-0.3, -0.25) is 4.79 Å². The fourth-order valence-electron chi connectivity index (χ4n) is 2.00. The second-order valence-corrected chi connectivity index (χ2v) is 6.36. The topological polar surface area (TPSA) is 98.8 Å². The number of carbonyl (C=O) groups excluding carboxylic acids is 1. The molecule has 0 unspecified atom stereocenters. The molecule has 27 heavy (non-hydrogen) atoms. The molecule has 0 aliphatic carbocycles. The van der Waals surface area contributed by atoms with Gasteiger partial charge in [0.05, 0.1) is 30.6 Å². The van der Waals surface area contributed by atoms with Crippen LogP contribution in [0.1, 0.15) is 29.4 Å². The Hall–Kier alpha value is -2.22. The summed E-state index contributed by atoms with van der Waals surface area (Å²) in [5, 5.41) is 3.63. The second kappa shape index (κ2) is 9.64. The van der Waals surface area contributed by atoms with Crippen molar-refractivity contribution in [2.75, 3.05) is 19.5 Å². The Bertz CT molecular complexity index is 875. The summed E-state index contributed by atoms with van der Waals surface area (Å²) in [4.78, 5) is 16.0. The number of ether oxygens (including phenoxy) is 2. The number of nitrogens with one attached hydrogen (secondary N) is 1. The monoisotopic (exact) mass is 430 g/mol. The number of nitrogens with zero attached hydrogens (tertiary/aromatic N) is 2. The second-order valence-electron chi connectivity index (χ2n) is 5.25. The van der Waals surface area contributed by atoms with E-state index in [1.54, 1.807) is 25.3 Å². The van der Waals surface area contributed by atoms with Gasteiger partial charge in [0.2, 0.25) is 0 Å². The Kier molecular flexibility index (Phi) is 7.53. The van der Waals surface area contributed by atoms with Crippen molar-refractivity contribution in [2.45, 2.75) is 13.3 Å². The number of benzene rings is 1. The molecule has 2 rings (SSSR count). The quantitative estimate of drug-likeness (QED) is 0.389. The van der Waals surface area contributed by atoms with Crippen LogP contribution in [0.5, 0.6) is 11.5 Å². The smallest absolute Gasteiger partial charge is 0.291 e. The summed E-state index contributed by atoms with van der Waals surface area (Å²) in [6.45, 7) is 2.60. The molecule has 1 aromatic heterocycles. The average Bonchev–Trinajstić information content (AvgIpc) is 2.67. The van der Waals surface area contributed by atoms with Crippen molar-refractivity contribution in [3.05, 3.63) is 44.7 Å². The van der Waals surface area contributed by atoms with E-state index in [4.69, 9.17) is 50.0 Å². The van der Waals surface area contributed by atoms with Crippen molar-refractivity contribution in [3.8, 4) is 11.5 Å². The molecule has 7 nitrogen and oxygen atoms in total. The lowest BCUT2D eigenvalue weighted by molar-refractivity contribution is 0.0950. The fourth-order valence-corrected chi connectivity index (χ4v) is 2.59. The molecule has 0 bridgehead atoms. The molecule has 3 N–H and O–H groups in total. The molecular weight excluding hydrogens is 415 g/mol. The summed E-state index contributed by atoms with van der Waals surface area (Å²) < 4.78 is 10.9. The average molecular weight is 432 g/mol. The van der Waals surface area contributed by atoms with Crippen LogP contribution in [-0.4, -0.2) is 30.8 Å². The molecule has 0 spiro atoms. The lowest BCUT2D eigenvalue weighted by Gasteiger charge is -2.10. The third kappa shape index (κ3) is 5.15. The first-order chi connectivity index (χ1) is 12.9. The van der Waals surface area contributed by atoms with Crippen molar-refractivity contribution in [2.24, 2.45) is 5.10 Å². The molecular formula is C17H17Cl3N4O3. The Morgan fingerprint density at radius 1 is 1.30 bits per heavy atom. The van der Waals surface area contributed by atoms with Crippen LogP contribution in [0.3, 0.4) is 0 Å². The van der Waals surface area contributed by atoms with E-state index in [1.165, 1.54) is 6.21 Å². The van der Waals surface area contributed by atoms with Crippen LogP contribution in [0.25, 0.3) is 0 Å². The van der Waals surface area contributed by atoms with E-state index in [9.17, 15) is 4.79 Å². The Morgan fingerprint density at radius 2 is 2.04 bits per heavy atom. The number of halogens is 3. The van der Waals surface area contributed by atoms with Crippen LogP contribution in [0.4, 0.5) is 5.69 Å². The number of methoxy groups -OCH3 is 1. The number of hydrogen-bond acceptors (Lipinski definition) is 6. The highest BCUT2D eigenvalue weighted by Gasteiger charge is 2.19. The minimum atomic E-state index is -0.684. The molecule has 1 amide bonds. The van der Waals surface area contributed by atoms with E-state index in [-0.39, 0.29) is 26.6 Å². The largest absolute Gasteiger partial charge is 0.493 e. The molecule has 0 radical (unpaired) electrons. The Labute approximate surface area is 171 Å². The first-order valence-electron chi connectivity index (χ1n) is 7.83. The highest BCUT2D eigenvalue weighted by atomic mass is 35.5. The minimum absolute atomic E-state index is 0.0146. The summed E-state index contributed by atoms with van der Waals surface area (Å²) in [5.41, 5.74) is 8.47. The first kappa shape index (κ1) is 21.1. The van der Waals surface area contributed by atoms with Gasteiger partial charge in [0.25, 0.3) is 5.91 Å². The third-order valence-electron chi connectivity index (χ3n) is 3.32. The van der Waals surface area contributed by atoms with Crippen LogP contribution >= 0.6 is 34.8 Å². The van der Waals surface area contributed by atoms with E-state index >= 15 is 0 Å². The minimum Gasteiger partial charge on any atom is -0.493 e. The van der Waals surface area contributed by atoms with Gasteiger partial charge in [-0.05, 0) is 30.2 Å². The molecule has 2 aromatic rings. The van der Waals surface area contributed by atoms with Gasteiger partial charge in [-0.1, -0.05) is 41.7 Å². The van der Waals surface area contributed by atoms with Gasteiger partial charge in [0.1, 0.15) is 5.02 Å². The summed E-state index contributed by atoms with van der Waals surface area (Å²) in [5.74, 6) is 0.500. The van der Waals surface area contributed by atoms with Crippen LogP contribution in [0, 0.1) is 0 Å². The van der Waals surface area contributed by atoms with Crippen molar-refractivity contribution in [3.63, 3.8) is 0 Å².